The van der Waals surface area contributed by atoms with Gasteiger partial charge >= 0.3 is 0 Å². The summed E-state index contributed by atoms with van der Waals surface area (Å²) in [5.74, 6) is -0.376. The molecule has 3 aromatic rings. The fraction of sp³-hybridized carbons (Fsp3) is 0.318. The molecule has 6 heteroatoms. The summed E-state index contributed by atoms with van der Waals surface area (Å²) in [6.07, 6.45) is 4.88. The van der Waals surface area contributed by atoms with Crippen LogP contribution in [0.15, 0.2) is 64.8 Å². The highest BCUT2D eigenvalue weighted by Crippen LogP contribution is 2.39. The molecule has 0 spiro atoms. The third-order valence-electron chi connectivity index (χ3n) is 5.22. The average Bonchev–Trinajstić information content (AvgIpc) is 2.89. The Morgan fingerprint density at radius 2 is 1.61 bits per heavy atom. The Morgan fingerprint density at radius 3 is 2.36 bits per heavy atom. The van der Waals surface area contributed by atoms with E-state index in [4.69, 9.17) is 0 Å². The van der Waals surface area contributed by atoms with Crippen molar-refractivity contribution >= 4 is 22.5 Å². The van der Waals surface area contributed by atoms with Gasteiger partial charge in [-0.25, -0.2) is 0 Å². The Hall–Kier alpha value is -2.99. The second-order valence-electron chi connectivity index (χ2n) is 7.16. The largest absolute Gasteiger partial charge is 0.493 e. The van der Waals surface area contributed by atoms with Crippen LogP contribution in [-0.4, -0.2) is 33.6 Å². The van der Waals surface area contributed by atoms with Crippen LogP contribution in [0.25, 0.3) is 10.9 Å². The molecule has 2 aromatic carbocycles. The number of para-hydroxylation sites is 1. The Bertz CT molecular complexity index is 986. The van der Waals surface area contributed by atoms with E-state index in [0.717, 1.165) is 24.0 Å². The van der Waals surface area contributed by atoms with Gasteiger partial charge in [0.15, 0.2) is 5.69 Å². The van der Waals surface area contributed by atoms with Crippen molar-refractivity contribution in [1.29, 1.82) is 0 Å². The van der Waals surface area contributed by atoms with Crippen LogP contribution in [0.3, 0.4) is 0 Å². The number of azo groups is 1. The van der Waals surface area contributed by atoms with E-state index in [1.165, 1.54) is 25.7 Å². The first kappa shape index (κ1) is 18.4. The van der Waals surface area contributed by atoms with Gasteiger partial charge in [-0.05, 0) is 44.1 Å². The van der Waals surface area contributed by atoms with Gasteiger partial charge in [0.1, 0.15) is 0 Å². The summed E-state index contributed by atoms with van der Waals surface area (Å²) < 4.78 is 1.86. The maximum absolute atomic E-state index is 12.3. The zero-order valence-corrected chi connectivity index (χ0v) is 15.8. The minimum absolute atomic E-state index is 0.0510. The molecule has 1 fully saturated rings. The fourth-order valence-corrected chi connectivity index (χ4v) is 3.72. The molecule has 1 N–H and O–H groups in total. The highest BCUT2D eigenvalue weighted by Gasteiger charge is 2.19. The number of aromatic nitrogens is 1. The number of amides is 1. The SMILES string of the molecule is O=C(N=Nc1c(O)n(CN2CCCCCC2)c2ccccc12)c1ccccc1. The first-order valence-corrected chi connectivity index (χ1v) is 9.78. The van der Waals surface area contributed by atoms with Gasteiger partial charge in [0.2, 0.25) is 5.88 Å². The standard InChI is InChI=1S/C22H24N4O2/c27-21(17-10-4-3-5-11-17)24-23-20-18-12-6-7-13-19(18)26(22(20)28)16-25-14-8-1-2-9-15-25/h3-7,10-13,28H,1-2,8-9,14-16H2. The van der Waals surface area contributed by atoms with Gasteiger partial charge < -0.3 is 5.11 Å². The number of likely N-dealkylation sites (tertiary alicyclic amines) is 1. The number of benzene rings is 2. The summed E-state index contributed by atoms with van der Waals surface area (Å²) in [6.45, 7) is 2.65. The minimum atomic E-state index is -0.427. The van der Waals surface area contributed by atoms with E-state index in [1.807, 2.05) is 34.9 Å². The first-order valence-electron chi connectivity index (χ1n) is 9.78. The molecule has 0 saturated carbocycles. The smallest absolute Gasteiger partial charge is 0.295 e. The number of carbonyl (C=O) groups excluding carboxylic acids is 1. The molecule has 0 atom stereocenters. The van der Waals surface area contributed by atoms with Crippen molar-refractivity contribution in [1.82, 2.24) is 9.47 Å². The van der Waals surface area contributed by atoms with Crippen molar-refractivity contribution in [3.05, 3.63) is 60.2 Å². The summed E-state index contributed by atoms with van der Waals surface area (Å²) in [6, 6.07) is 16.5. The molecule has 4 rings (SSSR count). The van der Waals surface area contributed by atoms with Crippen LogP contribution in [-0.2, 0) is 6.67 Å². The summed E-state index contributed by atoms with van der Waals surface area (Å²) in [4.78, 5) is 14.6. The molecule has 0 radical (unpaired) electrons. The summed E-state index contributed by atoms with van der Waals surface area (Å²) in [5, 5.41) is 19.6. The molecule has 1 aliphatic rings. The van der Waals surface area contributed by atoms with Crippen LogP contribution in [0.2, 0.25) is 0 Å². The van der Waals surface area contributed by atoms with Gasteiger partial charge in [-0.15, -0.1) is 10.2 Å². The van der Waals surface area contributed by atoms with Crippen molar-refractivity contribution in [2.45, 2.75) is 32.4 Å². The Balaban J connectivity index is 1.66. The number of fused-ring (bicyclic) bond motifs is 1. The monoisotopic (exact) mass is 376 g/mol. The van der Waals surface area contributed by atoms with E-state index in [-0.39, 0.29) is 5.88 Å². The number of nitrogens with zero attached hydrogens (tertiary/aromatic N) is 4. The normalized spacial score (nSPS) is 15.9. The molecule has 1 saturated heterocycles. The van der Waals surface area contributed by atoms with Crippen molar-refractivity contribution in [3.63, 3.8) is 0 Å². The number of hydrogen-bond donors (Lipinski definition) is 1. The molecule has 0 unspecified atom stereocenters. The van der Waals surface area contributed by atoms with Gasteiger partial charge in [-0.3, -0.25) is 14.3 Å². The highest BCUT2D eigenvalue weighted by molar-refractivity contribution is 5.97. The second kappa shape index (κ2) is 8.35. The maximum Gasteiger partial charge on any atom is 0.295 e. The second-order valence-corrected chi connectivity index (χ2v) is 7.16. The number of carbonyl (C=O) groups is 1. The molecule has 6 nitrogen and oxygen atoms in total. The summed E-state index contributed by atoms with van der Waals surface area (Å²) in [5.41, 5.74) is 1.71. The van der Waals surface area contributed by atoms with E-state index < -0.39 is 5.91 Å². The lowest BCUT2D eigenvalue weighted by Gasteiger charge is -2.21. The Kier molecular flexibility index (Phi) is 5.48. The van der Waals surface area contributed by atoms with E-state index in [9.17, 15) is 9.90 Å². The quantitative estimate of drug-likeness (QED) is 0.644. The van der Waals surface area contributed by atoms with E-state index in [1.54, 1.807) is 24.3 Å². The Morgan fingerprint density at radius 1 is 0.929 bits per heavy atom. The minimum Gasteiger partial charge on any atom is -0.493 e. The maximum atomic E-state index is 12.3. The van der Waals surface area contributed by atoms with Gasteiger partial charge in [-0.1, -0.05) is 49.2 Å². The van der Waals surface area contributed by atoms with Gasteiger partial charge in [0, 0.05) is 10.9 Å². The van der Waals surface area contributed by atoms with Gasteiger partial charge in [-0.2, -0.15) is 0 Å². The Labute approximate surface area is 164 Å². The lowest BCUT2D eigenvalue weighted by molar-refractivity contribution is 0.0995. The molecule has 1 aromatic heterocycles. The van der Waals surface area contributed by atoms with Crippen molar-refractivity contribution in [3.8, 4) is 5.88 Å². The average molecular weight is 376 g/mol. The summed E-state index contributed by atoms with van der Waals surface area (Å²) in [7, 11) is 0. The number of hydrogen-bond acceptors (Lipinski definition) is 4. The van der Waals surface area contributed by atoms with Crippen LogP contribution in [0.4, 0.5) is 5.69 Å². The molecule has 1 aliphatic heterocycles. The predicted molar refractivity (Wildman–Crippen MR) is 109 cm³/mol. The fourth-order valence-electron chi connectivity index (χ4n) is 3.72. The first-order chi connectivity index (χ1) is 13.7. The van der Waals surface area contributed by atoms with Crippen molar-refractivity contribution < 1.29 is 9.90 Å². The molecule has 28 heavy (non-hydrogen) atoms. The third-order valence-corrected chi connectivity index (χ3v) is 5.22. The molecule has 2 heterocycles. The predicted octanol–water partition coefficient (Wildman–Crippen LogP) is 5.10. The zero-order valence-electron chi connectivity index (χ0n) is 15.8. The van der Waals surface area contributed by atoms with Crippen LogP contribution in [0, 0.1) is 0 Å². The van der Waals surface area contributed by atoms with Crippen LogP contribution in [0.5, 0.6) is 5.88 Å². The number of rotatable bonds is 4. The molecule has 0 aliphatic carbocycles. The van der Waals surface area contributed by atoms with Crippen molar-refractivity contribution in [2.75, 3.05) is 13.1 Å². The van der Waals surface area contributed by atoms with Crippen LogP contribution < -0.4 is 0 Å². The molecular weight excluding hydrogens is 352 g/mol. The lowest BCUT2D eigenvalue weighted by Crippen LogP contribution is -2.27. The van der Waals surface area contributed by atoms with E-state index >= 15 is 0 Å². The van der Waals surface area contributed by atoms with Crippen molar-refractivity contribution in [2.24, 2.45) is 10.2 Å². The molecule has 1 amide bonds. The lowest BCUT2D eigenvalue weighted by atomic mass is 10.2. The summed E-state index contributed by atoms with van der Waals surface area (Å²) >= 11 is 0. The molecule has 144 valence electrons. The van der Waals surface area contributed by atoms with Gasteiger partial charge in [0.25, 0.3) is 5.91 Å². The highest BCUT2D eigenvalue weighted by atomic mass is 16.3. The van der Waals surface area contributed by atoms with E-state index in [0.29, 0.717) is 17.9 Å². The molecule has 0 bridgehead atoms. The van der Waals surface area contributed by atoms with Gasteiger partial charge in [0.05, 0.1) is 12.2 Å². The third kappa shape index (κ3) is 3.82. The molecular formula is C22H24N4O2. The number of aromatic hydroxyl groups is 1. The van der Waals surface area contributed by atoms with E-state index in [2.05, 4.69) is 15.1 Å². The van der Waals surface area contributed by atoms with Crippen LogP contribution in [0.1, 0.15) is 36.0 Å². The van der Waals surface area contributed by atoms with Crippen LogP contribution >= 0.6 is 0 Å². The topological polar surface area (TPSA) is 70.2 Å². The zero-order chi connectivity index (χ0) is 19.3.